The molecule has 21 heavy (non-hydrogen) atoms. The highest BCUT2D eigenvalue weighted by molar-refractivity contribution is 5.77. The van der Waals surface area contributed by atoms with Gasteiger partial charge in [0.05, 0.1) is 0 Å². The van der Waals surface area contributed by atoms with Crippen molar-refractivity contribution in [1.29, 1.82) is 0 Å². The fourth-order valence-electron chi connectivity index (χ4n) is 2.10. The van der Waals surface area contributed by atoms with Crippen LogP contribution in [0.25, 0.3) is 0 Å². The number of hydrogen-bond donors (Lipinski definition) is 0. The minimum Gasteiger partial charge on any atom is -0.243 e. The smallest absolute Gasteiger partial charge is 0.243 e. The van der Waals surface area contributed by atoms with E-state index in [4.69, 9.17) is 0 Å². The monoisotopic (exact) mass is 290 g/mol. The number of unbranched alkanes of at least 4 members (excludes halogenated alkanes) is 2. The zero-order valence-electron chi connectivity index (χ0n) is 12.9. The van der Waals surface area contributed by atoms with E-state index in [1.807, 2.05) is 0 Å². The molecule has 0 spiro atoms. The third-order valence-corrected chi connectivity index (χ3v) is 3.11. The standard InChI is InChI=1S/C14H22N6O/c1-4-5-6-7-13-17-12(8-11(2)3)18-20(13)14(21)19-10-15-9-16-19/h9-11H,4-8H2,1-3H3. The van der Waals surface area contributed by atoms with Gasteiger partial charge in [-0.05, 0) is 12.3 Å². The Bertz CT molecular complexity index is 572. The van der Waals surface area contributed by atoms with Gasteiger partial charge < -0.3 is 0 Å². The minimum atomic E-state index is -0.332. The third-order valence-electron chi connectivity index (χ3n) is 3.11. The number of carbonyl (C=O) groups is 1. The largest absolute Gasteiger partial charge is 0.372 e. The van der Waals surface area contributed by atoms with Gasteiger partial charge in [-0.15, -0.1) is 5.10 Å². The summed E-state index contributed by atoms with van der Waals surface area (Å²) >= 11 is 0. The minimum absolute atomic E-state index is 0.332. The lowest BCUT2D eigenvalue weighted by atomic mass is 10.1. The molecule has 2 rings (SSSR count). The Hall–Kier alpha value is -2.05. The molecule has 0 aliphatic rings. The molecular weight excluding hydrogens is 268 g/mol. The van der Waals surface area contributed by atoms with Crippen LogP contribution in [0.4, 0.5) is 4.79 Å². The number of aryl methyl sites for hydroxylation is 1. The SMILES string of the molecule is CCCCCc1nc(CC(C)C)nn1C(=O)n1cncn1. The molecule has 0 aliphatic carbocycles. The van der Waals surface area contributed by atoms with Crippen molar-refractivity contribution < 1.29 is 4.79 Å². The maximum absolute atomic E-state index is 12.4. The van der Waals surface area contributed by atoms with Crippen LogP contribution in [0.3, 0.4) is 0 Å². The van der Waals surface area contributed by atoms with Crippen molar-refractivity contribution in [3.8, 4) is 0 Å². The summed E-state index contributed by atoms with van der Waals surface area (Å²) in [5.41, 5.74) is 0. The van der Waals surface area contributed by atoms with Crippen molar-refractivity contribution in [2.75, 3.05) is 0 Å². The quantitative estimate of drug-likeness (QED) is 0.763. The van der Waals surface area contributed by atoms with Crippen LogP contribution in [-0.2, 0) is 12.8 Å². The van der Waals surface area contributed by atoms with Crippen molar-refractivity contribution in [2.24, 2.45) is 5.92 Å². The van der Waals surface area contributed by atoms with Crippen LogP contribution in [0, 0.1) is 5.92 Å². The third kappa shape index (κ3) is 3.96. The molecule has 2 heterocycles. The average molecular weight is 290 g/mol. The number of carbonyl (C=O) groups excluding carboxylic acids is 1. The summed E-state index contributed by atoms with van der Waals surface area (Å²) in [6.45, 7) is 6.36. The van der Waals surface area contributed by atoms with Gasteiger partial charge in [-0.25, -0.2) is 14.8 Å². The van der Waals surface area contributed by atoms with Crippen LogP contribution in [0.15, 0.2) is 12.7 Å². The predicted molar refractivity (Wildman–Crippen MR) is 78.0 cm³/mol. The lowest BCUT2D eigenvalue weighted by Gasteiger charge is -2.03. The van der Waals surface area contributed by atoms with E-state index in [9.17, 15) is 4.79 Å². The molecule has 0 saturated heterocycles. The highest BCUT2D eigenvalue weighted by Gasteiger charge is 2.18. The van der Waals surface area contributed by atoms with Crippen LogP contribution in [0.1, 0.15) is 51.7 Å². The Morgan fingerprint density at radius 2 is 2.14 bits per heavy atom. The molecule has 0 radical (unpaired) electrons. The zero-order valence-corrected chi connectivity index (χ0v) is 12.9. The van der Waals surface area contributed by atoms with Crippen molar-refractivity contribution in [1.82, 2.24) is 29.5 Å². The van der Waals surface area contributed by atoms with E-state index in [0.717, 1.165) is 32.1 Å². The highest BCUT2D eigenvalue weighted by Crippen LogP contribution is 2.09. The van der Waals surface area contributed by atoms with Gasteiger partial charge in [0, 0.05) is 12.8 Å². The number of rotatable bonds is 6. The topological polar surface area (TPSA) is 78.5 Å². The first-order chi connectivity index (χ1) is 10.1. The van der Waals surface area contributed by atoms with E-state index < -0.39 is 0 Å². The molecule has 0 aliphatic heterocycles. The Balaban J connectivity index is 2.23. The van der Waals surface area contributed by atoms with Crippen molar-refractivity contribution >= 4 is 6.03 Å². The number of hydrogen-bond acceptors (Lipinski definition) is 5. The Kier molecular flexibility index (Phi) is 5.19. The van der Waals surface area contributed by atoms with E-state index in [0.29, 0.717) is 17.6 Å². The lowest BCUT2D eigenvalue weighted by Crippen LogP contribution is -2.23. The van der Waals surface area contributed by atoms with E-state index >= 15 is 0 Å². The summed E-state index contributed by atoms with van der Waals surface area (Å²) < 4.78 is 2.54. The maximum atomic E-state index is 12.4. The van der Waals surface area contributed by atoms with Gasteiger partial charge in [-0.2, -0.15) is 14.5 Å². The van der Waals surface area contributed by atoms with Crippen molar-refractivity contribution in [3.05, 3.63) is 24.3 Å². The summed E-state index contributed by atoms with van der Waals surface area (Å²) in [4.78, 5) is 20.7. The number of nitrogens with zero attached hydrogens (tertiary/aromatic N) is 6. The predicted octanol–water partition coefficient (Wildman–Crippen LogP) is 2.32. The van der Waals surface area contributed by atoms with Crippen molar-refractivity contribution in [2.45, 2.75) is 52.9 Å². The van der Waals surface area contributed by atoms with E-state index in [1.165, 1.54) is 22.0 Å². The Morgan fingerprint density at radius 3 is 2.76 bits per heavy atom. The zero-order chi connectivity index (χ0) is 15.2. The molecule has 0 N–H and O–H groups in total. The Labute approximate surface area is 124 Å². The van der Waals surface area contributed by atoms with Gasteiger partial charge in [-0.3, -0.25) is 0 Å². The van der Waals surface area contributed by atoms with Crippen molar-refractivity contribution in [3.63, 3.8) is 0 Å². The first-order valence-corrected chi connectivity index (χ1v) is 7.46. The van der Waals surface area contributed by atoms with Gasteiger partial charge in [-0.1, -0.05) is 33.6 Å². The molecule has 0 fully saturated rings. The summed E-state index contributed by atoms with van der Waals surface area (Å²) in [6, 6.07) is -0.332. The van der Waals surface area contributed by atoms with Crippen LogP contribution in [0.5, 0.6) is 0 Å². The van der Waals surface area contributed by atoms with Crippen LogP contribution < -0.4 is 0 Å². The second kappa shape index (κ2) is 7.10. The van der Waals surface area contributed by atoms with Gasteiger partial charge in [0.25, 0.3) is 0 Å². The van der Waals surface area contributed by atoms with Gasteiger partial charge in [0.1, 0.15) is 18.5 Å². The molecule has 0 saturated carbocycles. The van der Waals surface area contributed by atoms with E-state index in [-0.39, 0.29) is 6.03 Å². The first kappa shape index (κ1) is 15.3. The van der Waals surface area contributed by atoms with Gasteiger partial charge in [0.15, 0.2) is 5.82 Å². The molecule has 2 aromatic rings. The molecule has 0 atom stereocenters. The second-order valence-corrected chi connectivity index (χ2v) is 5.53. The van der Waals surface area contributed by atoms with Gasteiger partial charge in [0.2, 0.25) is 0 Å². The van der Waals surface area contributed by atoms with Gasteiger partial charge >= 0.3 is 6.03 Å². The number of aromatic nitrogens is 6. The van der Waals surface area contributed by atoms with Crippen LogP contribution in [0.2, 0.25) is 0 Å². The molecule has 0 aromatic carbocycles. The maximum Gasteiger partial charge on any atom is 0.372 e. The molecule has 2 aromatic heterocycles. The molecule has 114 valence electrons. The van der Waals surface area contributed by atoms with E-state index in [1.54, 1.807) is 0 Å². The summed E-state index contributed by atoms with van der Waals surface area (Å²) in [6.07, 6.45) is 7.47. The highest BCUT2D eigenvalue weighted by atomic mass is 16.2. The molecule has 0 unspecified atom stereocenters. The van der Waals surface area contributed by atoms with Crippen LogP contribution >= 0.6 is 0 Å². The average Bonchev–Trinajstić information content (AvgIpc) is 3.07. The summed E-state index contributed by atoms with van der Waals surface area (Å²) in [5, 5.41) is 8.22. The molecular formula is C14H22N6O. The normalized spacial score (nSPS) is 11.2. The second-order valence-electron chi connectivity index (χ2n) is 5.53. The summed E-state index contributed by atoms with van der Waals surface area (Å²) in [5.74, 6) is 1.87. The van der Waals surface area contributed by atoms with E-state index in [2.05, 4.69) is 40.9 Å². The molecule has 7 heteroatoms. The fourth-order valence-corrected chi connectivity index (χ4v) is 2.10. The first-order valence-electron chi connectivity index (χ1n) is 7.46. The fraction of sp³-hybridized carbons (Fsp3) is 0.643. The van der Waals surface area contributed by atoms with Crippen LogP contribution in [-0.4, -0.2) is 35.6 Å². The molecule has 7 nitrogen and oxygen atoms in total. The lowest BCUT2D eigenvalue weighted by molar-refractivity contribution is 0.237. The molecule has 0 amide bonds. The Morgan fingerprint density at radius 1 is 1.33 bits per heavy atom. The molecule has 0 bridgehead atoms. The summed E-state index contributed by atoms with van der Waals surface area (Å²) in [7, 11) is 0.